The molecule has 1 aliphatic rings. The molecule has 1 N–H and O–H groups in total. The first-order valence-electron chi connectivity index (χ1n) is 4.20. The van der Waals surface area contributed by atoms with Crippen LogP contribution >= 0.6 is 11.9 Å². The van der Waals surface area contributed by atoms with E-state index in [1.807, 2.05) is 11.9 Å². The highest BCUT2D eigenvalue weighted by atomic mass is 32.2. The molecule has 0 amide bonds. The van der Waals surface area contributed by atoms with Crippen molar-refractivity contribution in [2.75, 3.05) is 0 Å². The molecule has 0 unspecified atom stereocenters. The van der Waals surface area contributed by atoms with Crippen LogP contribution in [0.5, 0.6) is 0 Å². The zero-order valence-corrected chi connectivity index (χ0v) is 7.71. The standard InChI is InChI=1S/C8H17NS/c1-7(2)10-9-8-5-3-4-6-8/h7-9H,3-6H2,1-2H3. The van der Waals surface area contributed by atoms with Gasteiger partial charge in [0.05, 0.1) is 0 Å². The maximum atomic E-state index is 3.50. The van der Waals surface area contributed by atoms with Gasteiger partial charge in [-0.15, -0.1) is 0 Å². The highest BCUT2D eigenvalue weighted by molar-refractivity contribution is 7.98. The molecule has 1 aliphatic carbocycles. The number of hydrogen-bond acceptors (Lipinski definition) is 2. The topological polar surface area (TPSA) is 12.0 Å². The van der Waals surface area contributed by atoms with Crippen LogP contribution in [0.25, 0.3) is 0 Å². The third-order valence-corrected chi connectivity index (χ3v) is 2.77. The van der Waals surface area contributed by atoms with Crippen molar-refractivity contribution < 1.29 is 0 Å². The fraction of sp³-hybridized carbons (Fsp3) is 1.00. The van der Waals surface area contributed by atoms with E-state index >= 15 is 0 Å². The van der Waals surface area contributed by atoms with Gasteiger partial charge in [-0.25, -0.2) is 0 Å². The maximum absolute atomic E-state index is 3.50. The number of hydrogen-bond donors (Lipinski definition) is 1. The Hall–Kier alpha value is 0.310. The van der Waals surface area contributed by atoms with E-state index in [-0.39, 0.29) is 0 Å². The van der Waals surface area contributed by atoms with E-state index in [1.54, 1.807) is 0 Å². The van der Waals surface area contributed by atoms with Crippen molar-refractivity contribution in [1.29, 1.82) is 0 Å². The predicted octanol–water partition coefficient (Wildman–Crippen LogP) is 2.58. The van der Waals surface area contributed by atoms with Crippen LogP contribution < -0.4 is 4.72 Å². The summed E-state index contributed by atoms with van der Waals surface area (Å²) in [5.74, 6) is 0. The molecular formula is C8H17NS. The summed E-state index contributed by atoms with van der Waals surface area (Å²) >= 11 is 1.88. The minimum Gasteiger partial charge on any atom is -0.261 e. The first-order chi connectivity index (χ1) is 4.79. The largest absolute Gasteiger partial charge is 0.261 e. The fourth-order valence-corrected chi connectivity index (χ4v) is 1.98. The second-order valence-electron chi connectivity index (χ2n) is 3.27. The second-order valence-corrected chi connectivity index (χ2v) is 4.68. The van der Waals surface area contributed by atoms with E-state index in [4.69, 9.17) is 0 Å². The summed E-state index contributed by atoms with van der Waals surface area (Å²) in [5.41, 5.74) is 0. The zero-order chi connectivity index (χ0) is 7.40. The molecule has 10 heavy (non-hydrogen) atoms. The van der Waals surface area contributed by atoms with Crippen LogP contribution in [0.3, 0.4) is 0 Å². The molecule has 1 nitrogen and oxygen atoms in total. The van der Waals surface area contributed by atoms with Crippen molar-refractivity contribution in [2.45, 2.75) is 50.8 Å². The minimum absolute atomic E-state index is 0.723. The Morgan fingerprint density at radius 2 is 1.90 bits per heavy atom. The average molecular weight is 159 g/mol. The Balaban J connectivity index is 2.01. The van der Waals surface area contributed by atoms with Crippen molar-refractivity contribution in [3.05, 3.63) is 0 Å². The van der Waals surface area contributed by atoms with Gasteiger partial charge in [0.25, 0.3) is 0 Å². The van der Waals surface area contributed by atoms with E-state index in [0.717, 1.165) is 11.3 Å². The molecule has 0 aliphatic heterocycles. The third-order valence-electron chi connectivity index (χ3n) is 1.83. The summed E-state index contributed by atoms with van der Waals surface area (Å²) in [5, 5.41) is 0.723. The molecule has 0 spiro atoms. The van der Waals surface area contributed by atoms with Gasteiger partial charge in [-0.3, -0.25) is 4.72 Å². The van der Waals surface area contributed by atoms with E-state index in [2.05, 4.69) is 18.6 Å². The van der Waals surface area contributed by atoms with Gasteiger partial charge in [0.2, 0.25) is 0 Å². The molecule has 0 saturated heterocycles. The Labute approximate surface area is 68.1 Å². The SMILES string of the molecule is CC(C)SNC1CCCC1. The Kier molecular flexibility index (Phi) is 3.57. The predicted molar refractivity (Wildman–Crippen MR) is 48.1 cm³/mol. The molecule has 0 atom stereocenters. The average Bonchev–Trinajstić information content (AvgIpc) is 2.34. The molecule has 1 saturated carbocycles. The summed E-state index contributed by atoms with van der Waals surface area (Å²) in [6, 6.07) is 0.812. The molecule has 60 valence electrons. The first-order valence-corrected chi connectivity index (χ1v) is 5.08. The van der Waals surface area contributed by atoms with Gasteiger partial charge in [0, 0.05) is 11.3 Å². The monoisotopic (exact) mass is 159 g/mol. The van der Waals surface area contributed by atoms with Crippen LogP contribution in [-0.2, 0) is 0 Å². The molecule has 1 rings (SSSR count). The Morgan fingerprint density at radius 1 is 1.30 bits per heavy atom. The summed E-state index contributed by atoms with van der Waals surface area (Å²) in [4.78, 5) is 0. The Bertz CT molecular complexity index is 87.3. The molecule has 0 bridgehead atoms. The maximum Gasteiger partial charge on any atom is 0.0172 e. The van der Waals surface area contributed by atoms with Crippen LogP contribution in [0.15, 0.2) is 0 Å². The van der Waals surface area contributed by atoms with E-state index in [1.165, 1.54) is 25.7 Å². The zero-order valence-electron chi connectivity index (χ0n) is 6.89. The minimum atomic E-state index is 0.723. The van der Waals surface area contributed by atoms with E-state index < -0.39 is 0 Å². The normalized spacial score (nSPS) is 20.7. The van der Waals surface area contributed by atoms with Crippen LogP contribution in [0.1, 0.15) is 39.5 Å². The first kappa shape index (κ1) is 8.41. The van der Waals surface area contributed by atoms with Gasteiger partial charge in [-0.2, -0.15) is 0 Å². The lowest BCUT2D eigenvalue weighted by molar-refractivity contribution is 0.656. The van der Waals surface area contributed by atoms with Gasteiger partial charge < -0.3 is 0 Å². The summed E-state index contributed by atoms with van der Waals surface area (Å²) < 4.78 is 3.50. The van der Waals surface area contributed by atoms with E-state index in [9.17, 15) is 0 Å². The van der Waals surface area contributed by atoms with Gasteiger partial charge in [-0.1, -0.05) is 38.6 Å². The van der Waals surface area contributed by atoms with Crippen molar-refractivity contribution in [2.24, 2.45) is 0 Å². The molecule has 0 aromatic rings. The number of nitrogens with one attached hydrogen (secondary N) is 1. The van der Waals surface area contributed by atoms with Crippen molar-refractivity contribution in [3.8, 4) is 0 Å². The van der Waals surface area contributed by atoms with Crippen molar-refractivity contribution in [1.82, 2.24) is 4.72 Å². The molecular weight excluding hydrogens is 142 g/mol. The third kappa shape index (κ3) is 2.93. The van der Waals surface area contributed by atoms with Crippen LogP contribution in [-0.4, -0.2) is 11.3 Å². The van der Waals surface area contributed by atoms with Crippen molar-refractivity contribution >= 4 is 11.9 Å². The molecule has 0 radical (unpaired) electrons. The lowest BCUT2D eigenvalue weighted by Gasteiger charge is -2.12. The molecule has 0 aromatic carbocycles. The fourth-order valence-electron chi connectivity index (χ4n) is 1.28. The van der Waals surface area contributed by atoms with Crippen LogP contribution in [0, 0.1) is 0 Å². The molecule has 2 heteroatoms. The molecule has 0 aromatic heterocycles. The lowest BCUT2D eigenvalue weighted by atomic mass is 10.3. The van der Waals surface area contributed by atoms with Gasteiger partial charge in [0.15, 0.2) is 0 Å². The van der Waals surface area contributed by atoms with Gasteiger partial charge >= 0.3 is 0 Å². The highest BCUT2D eigenvalue weighted by Crippen LogP contribution is 2.20. The van der Waals surface area contributed by atoms with Crippen LogP contribution in [0.2, 0.25) is 0 Å². The summed E-state index contributed by atoms with van der Waals surface area (Å²) in [7, 11) is 0. The van der Waals surface area contributed by atoms with Crippen LogP contribution in [0.4, 0.5) is 0 Å². The van der Waals surface area contributed by atoms with Crippen molar-refractivity contribution in [3.63, 3.8) is 0 Å². The van der Waals surface area contributed by atoms with E-state index in [0.29, 0.717) is 0 Å². The second kappa shape index (κ2) is 4.24. The smallest absolute Gasteiger partial charge is 0.0172 e. The van der Waals surface area contributed by atoms with Gasteiger partial charge in [0.1, 0.15) is 0 Å². The quantitative estimate of drug-likeness (QED) is 0.635. The Morgan fingerprint density at radius 3 is 2.40 bits per heavy atom. The summed E-state index contributed by atoms with van der Waals surface area (Å²) in [6.07, 6.45) is 5.63. The summed E-state index contributed by atoms with van der Waals surface area (Å²) in [6.45, 7) is 4.46. The molecule has 1 fully saturated rings. The van der Waals surface area contributed by atoms with Gasteiger partial charge in [-0.05, 0) is 12.8 Å². The number of rotatable bonds is 3. The highest BCUT2D eigenvalue weighted by Gasteiger charge is 2.14. The lowest BCUT2D eigenvalue weighted by Crippen LogP contribution is -2.20. The molecule has 0 heterocycles.